The maximum absolute atomic E-state index is 13.7. The van der Waals surface area contributed by atoms with E-state index in [1.165, 1.54) is 15.7 Å². The normalized spacial score (nSPS) is 10.7. The first kappa shape index (κ1) is 22.8. The Balaban J connectivity index is 2.18. The predicted molar refractivity (Wildman–Crippen MR) is 123 cm³/mol. The van der Waals surface area contributed by atoms with Crippen molar-refractivity contribution in [2.75, 3.05) is 17.2 Å². The van der Waals surface area contributed by atoms with Crippen molar-refractivity contribution in [2.24, 2.45) is 0 Å². The van der Waals surface area contributed by atoms with Crippen LogP contribution in [0, 0.1) is 0 Å². The number of amides is 1. The number of benzene rings is 1. The van der Waals surface area contributed by atoms with Crippen LogP contribution in [0.1, 0.15) is 42.6 Å². The van der Waals surface area contributed by atoms with Crippen LogP contribution in [0.4, 0.5) is 11.5 Å². The molecular formula is C23H27N5O4. The highest BCUT2D eigenvalue weighted by Crippen LogP contribution is 2.25. The second-order valence-corrected chi connectivity index (χ2v) is 7.16. The number of carbonyl (C=O) groups is 1. The maximum Gasteiger partial charge on any atom is 0.330 e. The molecule has 0 radical (unpaired) electrons. The number of H-pyrrole nitrogens is 1. The molecule has 0 fully saturated rings. The van der Waals surface area contributed by atoms with E-state index >= 15 is 0 Å². The molecule has 2 heterocycles. The Kier molecular flexibility index (Phi) is 7.43. The number of pyridine rings is 1. The van der Waals surface area contributed by atoms with Gasteiger partial charge in [-0.2, -0.15) is 0 Å². The average molecular weight is 438 g/mol. The molecule has 0 spiro atoms. The lowest BCUT2D eigenvalue weighted by Gasteiger charge is -2.25. The molecule has 9 heteroatoms. The number of anilines is 2. The number of ether oxygens (including phenoxy) is 1. The number of nitrogens with zero attached hydrogens (tertiary/aromatic N) is 3. The van der Waals surface area contributed by atoms with Crippen molar-refractivity contribution in [1.29, 1.82) is 0 Å². The summed E-state index contributed by atoms with van der Waals surface area (Å²) in [5, 5.41) is 0. The molecule has 3 rings (SSSR count). The van der Waals surface area contributed by atoms with Gasteiger partial charge in [0.15, 0.2) is 5.69 Å². The highest BCUT2D eigenvalue weighted by Gasteiger charge is 2.28. The molecule has 0 atom stereocenters. The van der Waals surface area contributed by atoms with Gasteiger partial charge in [0.05, 0.1) is 13.2 Å². The monoisotopic (exact) mass is 437 g/mol. The van der Waals surface area contributed by atoms with Crippen molar-refractivity contribution in [3.63, 3.8) is 0 Å². The summed E-state index contributed by atoms with van der Waals surface area (Å²) in [6.07, 6.45) is 3.05. The summed E-state index contributed by atoms with van der Waals surface area (Å²) < 4.78 is 6.81. The number of rotatable bonds is 9. The lowest BCUT2D eigenvalue weighted by Crippen LogP contribution is -2.41. The fraction of sp³-hybridized carbons (Fsp3) is 0.304. The lowest BCUT2D eigenvalue weighted by molar-refractivity contribution is 0.0980. The van der Waals surface area contributed by atoms with Crippen LogP contribution < -0.4 is 26.6 Å². The Morgan fingerprint density at radius 2 is 1.91 bits per heavy atom. The van der Waals surface area contributed by atoms with Crippen LogP contribution in [-0.4, -0.2) is 27.0 Å². The Hall–Kier alpha value is -3.88. The molecule has 1 amide bonds. The third-order valence-corrected chi connectivity index (χ3v) is 4.93. The molecule has 0 unspecified atom stereocenters. The standard InChI is InChI=1S/C23H27N5O4/c1-3-5-14-27-19(24)18(20(29)26-23(27)31)28(15-16-10-7-6-8-11-16)22(30)17-12-9-13-25-21(17)32-4-2/h6-13H,3-5,14-15,24H2,1-2H3,(H,26,29,31). The molecule has 168 valence electrons. The van der Waals surface area contributed by atoms with Crippen molar-refractivity contribution >= 4 is 17.4 Å². The van der Waals surface area contributed by atoms with Gasteiger partial charge >= 0.3 is 5.69 Å². The van der Waals surface area contributed by atoms with E-state index < -0.39 is 17.2 Å². The van der Waals surface area contributed by atoms with E-state index in [0.29, 0.717) is 19.6 Å². The van der Waals surface area contributed by atoms with Crippen molar-refractivity contribution < 1.29 is 9.53 Å². The predicted octanol–water partition coefficient (Wildman–Crippen LogP) is 2.56. The van der Waals surface area contributed by atoms with Gasteiger partial charge in [0.25, 0.3) is 11.5 Å². The topological polar surface area (TPSA) is 123 Å². The van der Waals surface area contributed by atoms with Gasteiger partial charge in [-0.1, -0.05) is 43.7 Å². The first-order valence-electron chi connectivity index (χ1n) is 10.5. The summed E-state index contributed by atoms with van der Waals surface area (Å²) in [6.45, 7) is 4.49. The number of nitrogens with one attached hydrogen (secondary N) is 1. The Morgan fingerprint density at radius 3 is 2.59 bits per heavy atom. The van der Waals surface area contributed by atoms with Crippen molar-refractivity contribution in [3.05, 3.63) is 80.6 Å². The van der Waals surface area contributed by atoms with E-state index in [0.717, 1.165) is 12.0 Å². The van der Waals surface area contributed by atoms with Gasteiger partial charge in [0, 0.05) is 12.7 Å². The molecular weight excluding hydrogens is 410 g/mol. The molecule has 0 saturated heterocycles. The number of aromatic nitrogens is 3. The first-order chi connectivity index (χ1) is 15.5. The third-order valence-electron chi connectivity index (χ3n) is 4.93. The van der Waals surface area contributed by atoms with Crippen LogP contribution in [0.3, 0.4) is 0 Å². The molecule has 0 saturated carbocycles. The average Bonchev–Trinajstić information content (AvgIpc) is 2.79. The van der Waals surface area contributed by atoms with E-state index in [4.69, 9.17) is 10.5 Å². The quantitative estimate of drug-likeness (QED) is 0.530. The summed E-state index contributed by atoms with van der Waals surface area (Å²) in [5.41, 5.74) is 5.85. The van der Waals surface area contributed by atoms with Crippen LogP contribution in [-0.2, 0) is 13.1 Å². The zero-order valence-corrected chi connectivity index (χ0v) is 18.2. The van der Waals surface area contributed by atoms with E-state index in [9.17, 15) is 14.4 Å². The molecule has 1 aromatic carbocycles. The smallest absolute Gasteiger partial charge is 0.330 e. The second kappa shape index (κ2) is 10.4. The molecule has 2 aromatic heterocycles. The molecule has 0 aliphatic rings. The fourth-order valence-electron chi connectivity index (χ4n) is 3.35. The Morgan fingerprint density at radius 1 is 1.16 bits per heavy atom. The van der Waals surface area contributed by atoms with E-state index in [-0.39, 0.29) is 29.5 Å². The Bertz CT molecular complexity index is 1190. The Labute approximate surface area is 185 Å². The number of carbonyl (C=O) groups excluding carboxylic acids is 1. The zero-order valence-electron chi connectivity index (χ0n) is 18.2. The number of aromatic amines is 1. The SMILES string of the molecule is CCCCn1c(N)c(N(Cc2ccccc2)C(=O)c2cccnc2OCC)c(=O)[nH]c1=O. The number of hydrogen-bond acceptors (Lipinski definition) is 6. The van der Waals surface area contributed by atoms with E-state index in [1.807, 2.05) is 37.3 Å². The number of unbranched alkanes of at least 4 members (excludes halogenated alkanes) is 1. The highest BCUT2D eigenvalue weighted by molar-refractivity contribution is 6.08. The zero-order chi connectivity index (χ0) is 23.1. The van der Waals surface area contributed by atoms with Gasteiger partial charge in [-0.25, -0.2) is 9.78 Å². The van der Waals surface area contributed by atoms with Crippen LogP contribution in [0.5, 0.6) is 5.88 Å². The number of nitrogens with two attached hydrogens (primary N) is 1. The first-order valence-corrected chi connectivity index (χ1v) is 10.5. The molecule has 3 aromatic rings. The number of hydrogen-bond donors (Lipinski definition) is 2. The van der Waals surface area contributed by atoms with Crippen LogP contribution in [0.15, 0.2) is 58.3 Å². The van der Waals surface area contributed by atoms with Crippen LogP contribution in [0.25, 0.3) is 0 Å². The van der Waals surface area contributed by atoms with Gasteiger partial charge in [-0.3, -0.25) is 24.0 Å². The van der Waals surface area contributed by atoms with Crippen molar-refractivity contribution in [1.82, 2.24) is 14.5 Å². The number of nitrogen functional groups attached to an aromatic ring is 1. The summed E-state index contributed by atoms with van der Waals surface area (Å²) in [7, 11) is 0. The van der Waals surface area contributed by atoms with Gasteiger partial charge in [0.2, 0.25) is 5.88 Å². The minimum atomic E-state index is -0.730. The van der Waals surface area contributed by atoms with Crippen LogP contribution in [0.2, 0.25) is 0 Å². The minimum Gasteiger partial charge on any atom is -0.477 e. The fourth-order valence-corrected chi connectivity index (χ4v) is 3.35. The molecule has 0 bridgehead atoms. The van der Waals surface area contributed by atoms with E-state index in [2.05, 4.69) is 9.97 Å². The highest BCUT2D eigenvalue weighted by atomic mass is 16.5. The molecule has 32 heavy (non-hydrogen) atoms. The van der Waals surface area contributed by atoms with Gasteiger partial charge in [-0.05, 0) is 31.0 Å². The van der Waals surface area contributed by atoms with Gasteiger partial charge in [0.1, 0.15) is 11.4 Å². The summed E-state index contributed by atoms with van der Waals surface area (Å²) in [4.78, 5) is 46.6. The van der Waals surface area contributed by atoms with E-state index in [1.54, 1.807) is 19.1 Å². The van der Waals surface area contributed by atoms with Crippen molar-refractivity contribution in [3.8, 4) is 5.88 Å². The molecule has 0 aliphatic carbocycles. The maximum atomic E-state index is 13.7. The third kappa shape index (κ3) is 4.88. The minimum absolute atomic E-state index is 0.0571. The second-order valence-electron chi connectivity index (χ2n) is 7.16. The molecule has 3 N–H and O–H groups in total. The van der Waals surface area contributed by atoms with Crippen LogP contribution >= 0.6 is 0 Å². The molecule has 9 nitrogen and oxygen atoms in total. The largest absolute Gasteiger partial charge is 0.477 e. The van der Waals surface area contributed by atoms with Gasteiger partial charge in [-0.15, -0.1) is 0 Å². The summed E-state index contributed by atoms with van der Waals surface area (Å²) in [6, 6.07) is 12.4. The van der Waals surface area contributed by atoms with Gasteiger partial charge < -0.3 is 10.5 Å². The summed E-state index contributed by atoms with van der Waals surface area (Å²) in [5.74, 6) is -0.408. The lowest BCUT2D eigenvalue weighted by atomic mass is 10.1. The summed E-state index contributed by atoms with van der Waals surface area (Å²) >= 11 is 0. The van der Waals surface area contributed by atoms with Crippen molar-refractivity contribution in [2.45, 2.75) is 39.8 Å². The molecule has 0 aliphatic heterocycles.